The average molecular weight is 185 g/mol. The Balaban J connectivity index is 3.98. The smallest absolute Gasteiger partial charge is 0.137 e. The van der Waals surface area contributed by atoms with Gasteiger partial charge in [-0.05, 0) is 18.8 Å². The van der Waals surface area contributed by atoms with E-state index in [-0.39, 0.29) is 12.0 Å². The average Bonchev–Trinajstić information content (AvgIpc) is 2.06. The lowest BCUT2D eigenvalue weighted by molar-refractivity contribution is -0.123. The molecular formula is C11H23NO. The fourth-order valence-electron chi connectivity index (χ4n) is 1.38. The molecule has 2 N–H and O–H groups in total. The molecule has 0 saturated heterocycles. The van der Waals surface area contributed by atoms with Crippen molar-refractivity contribution in [3.63, 3.8) is 0 Å². The summed E-state index contributed by atoms with van der Waals surface area (Å²) in [7, 11) is 0. The zero-order valence-electron chi connectivity index (χ0n) is 9.34. The first-order valence-electron chi connectivity index (χ1n) is 5.31. The van der Waals surface area contributed by atoms with Crippen LogP contribution in [0.1, 0.15) is 47.0 Å². The van der Waals surface area contributed by atoms with Gasteiger partial charge in [-0.1, -0.05) is 27.7 Å². The molecule has 0 aromatic heterocycles. The second-order valence-electron chi connectivity index (χ2n) is 4.09. The van der Waals surface area contributed by atoms with Crippen LogP contribution in [0.15, 0.2) is 0 Å². The van der Waals surface area contributed by atoms with Gasteiger partial charge >= 0.3 is 0 Å². The maximum absolute atomic E-state index is 11.6. The third-order valence-corrected chi connectivity index (χ3v) is 2.73. The number of hydrogen-bond acceptors (Lipinski definition) is 2. The van der Waals surface area contributed by atoms with E-state index in [1.54, 1.807) is 0 Å². The molecule has 1 unspecified atom stereocenters. The molecule has 0 amide bonds. The Bertz CT molecular complexity index is 150. The Kier molecular flexibility index (Phi) is 5.97. The standard InChI is InChI=1S/C11H23NO/c1-5-9(6-2)11(13)7-10(12)8(3)4/h8-10H,5-7,12H2,1-4H3. The van der Waals surface area contributed by atoms with Crippen molar-refractivity contribution in [1.29, 1.82) is 0 Å². The highest BCUT2D eigenvalue weighted by Crippen LogP contribution is 2.14. The van der Waals surface area contributed by atoms with Gasteiger partial charge in [-0.15, -0.1) is 0 Å². The molecule has 0 heterocycles. The van der Waals surface area contributed by atoms with Gasteiger partial charge in [0.05, 0.1) is 0 Å². The first-order valence-corrected chi connectivity index (χ1v) is 5.31. The fourth-order valence-corrected chi connectivity index (χ4v) is 1.38. The molecule has 0 aromatic rings. The summed E-state index contributed by atoms with van der Waals surface area (Å²) in [5.41, 5.74) is 5.84. The summed E-state index contributed by atoms with van der Waals surface area (Å²) in [4.78, 5) is 11.6. The molecule has 0 spiro atoms. The van der Waals surface area contributed by atoms with Crippen molar-refractivity contribution in [2.75, 3.05) is 0 Å². The Morgan fingerprint density at radius 1 is 1.23 bits per heavy atom. The second kappa shape index (κ2) is 6.14. The van der Waals surface area contributed by atoms with E-state index >= 15 is 0 Å². The monoisotopic (exact) mass is 185 g/mol. The molecule has 0 fully saturated rings. The van der Waals surface area contributed by atoms with E-state index in [2.05, 4.69) is 27.7 Å². The van der Waals surface area contributed by atoms with Crippen LogP contribution in [0, 0.1) is 11.8 Å². The van der Waals surface area contributed by atoms with Gasteiger partial charge in [0.25, 0.3) is 0 Å². The molecule has 13 heavy (non-hydrogen) atoms. The molecule has 2 heteroatoms. The van der Waals surface area contributed by atoms with Crippen LogP contribution in [-0.4, -0.2) is 11.8 Å². The number of ketones is 1. The molecule has 78 valence electrons. The third-order valence-electron chi connectivity index (χ3n) is 2.73. The van der Waals surface area contributed by atoms with Gasteiger partial charge < -0.3 is 5.73 Å². The number of carbonyl (C=O) groups is 1. The summed E-state index contributed by atoms with van der Waals surface area (Å²) >= 11 is 0. The molecule has 1 atom stereocenters. The molecule has 0 aliphatic heterocycles. The van der Waals surface area contributed by atoms with Gasteiger partial charge in [0.2, 0.25) is 0 Å². The van der Waals surface area contributed by atoms with E-state index in [9.17, 15) is 4.79 Å². The van der Waals surface area contributed by atoms with Gasteiger partial charge in [-0.2, -0.15) is 0 Å². The molecule has 2 nitrogen and oxygen atoms in total. The fraction of sp³-hybridized carbons (Fsp3) is 0.909. The predicted molar refractivity (Wildman–Crippen MR) is 56.5 cm³/mol. The third kappa shape index (κ3) is 4.41. The first-order chi connectivity index (χ1) is 6.02. The van der Waals surface area contributed by atoms with E-state index in [4.69, 9.17) is 5.73 Å². The Hall–Kier alpha value is -0.370. The molecule has 0 radical (unpaired) electrons. The van der Waals surface area contributed by atoms with Crippen molar-refractivity contribution in [2.24, 2.45) is 17.6 Å². The highest BCUT2D eigenvalue weighted by Gasteiger charge is 2.18. The van der Waals surface area contributed by atoms with E-state index < -0.39 is 0 Å². The predicted octanol–water partition coefficient (Wildman–Crippen LogP) is 2.37. The van der Waals surface area contributed by atoms with Gasteiger partial charge in [-0.3, -0.25) is 4.79 Å². The number of nitrogens with two attached hydrogens (primary N) is 1. The van der Waals surface area contributed by atoms with Crippen LogP contribution in [0.5, 0.6) is 0 Å². The van der Waals surface area contributed by atoms with E-state index in [0.717, 1.165) is 12.8 Å². The second-order valence-corrected chi connectivity index (χ2v) is 4.09. The van der Waals surface area contributed by atoms with Crippen molar-refractivity contribution in [3.05, 3.63) is 0 Å². The zero-order chi connectivity index (χ0) is 10.4. The molecule has 0 bridgehead atoms. The van der Waals surface area contributed by atoms with Crippen molar-refractivity contribution >= 4 is 5.78 Å². The van der Waals surface area contributed by atoms with Crippen LogP contribution >= 0.6 is 0 Å². The van der Waals surface area contributed by atoms with Gasteiger partial charge in [-0.25, -0.2) is 0 Å². The zero-order valence-corrected chi connectivity index (χ0v) is 9.34. The molecule has 0 rings (SSSR count). The maximum atomic E-state index is 11.6. The minimum Gasteiger partial charge on any atom is -0.327 e. The maximum Gasteiger partial charge on any atom is 0.137 e. The van der Waals surface area contributed by atoms with Crippen molar-refractivity contribution < 1.29 is 4.79 Å². The lowest BCUT2D eigenvalue weighted by atomic mass is 9.90. The number of rotatable bonds is 6. The Morgan fingerprint density at radius 3 is 2.00 bits per heavy atom. The summed E-state index contributed by atoms with van der Waals surface area (Å²) in [6, 6.07) is 0.0353. The Morgan fingerprint density at radius 2 is 1.69 bits per heavy atom. The van der Waals surface area contributed by atoms with Crippen molar-refractivity contribution in [3.8, 4) is 0 Å². The van der Waals surface area contributed by atoms with Crippen LogP contribution in [0.4, 0.5) is 0 Å². The summed E-state index contributed by atoms with van der Waals surface area (Å²) in [6.45, 7) is 8.25. The first kappa shape index (κ1) is 12.6. The Labute approximate surface area is 81.9 Å². The molecule has 0 aliphatic rings. The largest absolute Gasteiger partial charge is 0.327 e. The van der Waals surface area contributed by atoms with Crippen LogP contribution in [-0.2, 0) is 4.79 Å². The lowest BCUT2D eigenvalue weighted by Crippen LogP contribution is -2.31. The molecule has 0 aliphatic carbocycles. The van der Waals surface area contributed by atoms with Gasteiger partial charge in [0.1, 0.15) is 5.78 Å². The van der Waals surface area contributed by atoms with Gasteiger partial charge in [0.15, 0.2) is 0 Å². The van der Waals surface area contributed by atoms with E-state index in [0.29, 0.717) is 18.1 Å². The molecule has 0 saturated carbocycles. The topological polar surface area (TPSA) is 43.1 Å². The normalized spacial score (nSPS) is 13.8. The van der Waals surface area contributed by atoms with Crippen LogP contribution in [0.2, 0.25) is 0 Å². The lowest BCUT2D eigenvalue weighted by Gasteiger charge is -2.17. The SMILES string of the molecule is CCC(CC)C(=O)CC(N)C(C)C. The van der Waals surface area contributed by atoms with Crippen LogP contribution in [0.25, 0.3) is 0 Å². The summed E-state index contributed by atoms with van der Waals surface area (Å²) in [5.74, 6) is 0.967. The summed E-state index contributed by atoms with van der Waals surface area (Å²) in [6.07, 6.45) is 2.43. The van der Waals surface area contributed by atoms with Gasteiger partial charge in [0, 0.05) is 18.4 Å². The summed E-state index contributed by atoms with van der Waals surface area (Å²) in [5, 5.41) is 0. The minimum absolute atomic E-state index is 0.0353. The highest BCUT2D eigenvalue weighted by molar-refractivity contribution is 5.81. The van der Waals surface area contributed by atoms with Crippen molar-refractivity contribution in [2.45, 2.75) is 53.0 Å². The number of hydrogen-bond donors (Lipinski definition) is 1. The van der Waals surface area contributed by atoms with Crippen molar-refractivity contribution in [1.82, 2.24) is 0 Å². The number of Topliss-reactive ketones (excluding diaryl/α,β-unsaturated/α-hetero) is 1. The van der Waals surface area contributed by atoms with E-state index in [1.807, 2.05) is 0 Å². The molecule has 0 aromatic carbocycles. The number of carbonyl (C=O) groups excluding carboxylic acids is 1. The van der Waals surface area contributed by atoms with E-state index in [1.165, 1.54) is 0 Å². The van der Waals surface area contributed by atoms with Crippen LogP contribution in [0.3, 0.4) is 0 Å². The molecular weight excluding hydrogens is 162 g/mol. The summed E-state index contributed by atoms with van der Waals surface area (Å²) < 4.78 is 0. The highest BCUT2D eigenvalue weighted by atomic mass is 16.1. The van der Waals surface area contributed by atoms with Crippen LogP contribution < -0.4 is 5.73 Å². The minimum atomic E-state index is 0.0353. The quantitative estimate of drug-likeness (QED) is 0.690.